The molecule has 0 amide bonds. The van der Waals surface area contributed by atoms with E-state index in [0.29, 0.717) is 0 Å². The van der Waals surface area contributed by atoms with Crippen molar-refractivity contribution in [3.8, 4) is 5.75 Å². The smallest absolute Gasteiger partial charge is 0.138 e. The van der Waals surface area contributed by atoms with E-state index in [9.17, 15) is 0 Å². The standard InChI is InChI=1S/C14H13NO/c1-9-14(15-2)13-11-6-4-3-5-10(11)7-8-12(13)16-9/h3-9H,1-2H3/b15-14+. The summed E-state index contributed by atoms with van der Waals surface area (Å²) in [5, 5.41) is 2.46. The lowest BCUT2D eigenvalue weighted by molar-refractivity contribution is 0.303. The van der Waals surface area contributed by atoms with E-state index >= 15 is 0 Å². The quantitative estimate of drug-likeness (QED) is 0.656. The summed E-state index contributed by atoms with van der Waals surface area (Å²) in [5.74, 6) is 0.951. The largest absolute Gasteiger partial charge is 0.484 e. The third kappa shape index (κ3) is 1.16. The highest BCUT2D eigenvalue weighted by Crippen LogP contribution is 2.35. The molecule has 0 saturated carbocycles. The van der Waals surface area contributed by atoms with Gasteiger partial charge >= 0.3 is 0 Å². The first-order valence-electron chi connectivity index (χ1n) is 5.46. The maximum Gasteiger partial charge on any atom is 0.138 e. The van der Waals surface area contributed by atoms with Crippen molar-refractivity contribution in [2.45, 2.75) is 13.0 Å². The van der Waals surface area contributed by atoms with Crippen molar-refractivity contribution >= 4 is 16.5 Å². The van der Waals surface area contributed by atoms with E-state index in [2.05, 4.69) is 35.3 Å². The highest BCUT2D eigenvalue weighted by Gasteiger charge is 2.27. The zero-order valence-corrected chi connectivity index (χ0v) is 9.40. The van der Waals surface area contributed by atoms with Gasteiger partial charge in [-0.2, -0.15) is 0 Å². The molecule has 0 spiro atoms. The van der Waals surface area contributed by atoms with E-state index < -0.39 is 0 Å². The normalized spacial score (nSPS) is 21.1. The number of hydrogen-bond acceptors (Lipinski definition) is 2. The molecule has 0 saturated heterocycles. The molecule has 2 nitrogen and oxygen atoms in total. The Balaban J connectivity index is 2.40. The maximum absolute atomic E-state index is 5.79. The molecule has 2 heteroatoms. The summed E-state index contributed by atoms with van der Waals surface area (Å²) >= 11 is 0. The Bertz CT molecular complexity index is 586. The van der Waals surface area contributed by atoms with Gasteiger partial charge in [-0.3, -0.25) is 4.99 Å². The molecule has 0 aliphatic carbocycles. The van der Waals surface area contributed by atoms with Gasteiger partial charge in [0.15, 0.2) is 0 Å². The molecule has 1 unspecified atom stereocenters. The third-order valence-corrected chi connectivity index (χ3v) is 3.08. The molecule has 80 valence electrons. The Hall–Kier alpha value is -1.83. The molecule has 1 atom stereocenters. The minimum atomic E-state index is 0.0609. The van der Waals surface area contributed by atoms with Crippen molar-refractivity contribution in [1.29, 1.82) is 0 Å². The van der Waals surface area contributed by atoms with Crippen molar-refractivity contribution in [1.82, 2.24) is 0 Å². The minimum Gasteiger partial charge on any atom is -0.484 e. The second kappa shape index (κ2) is 3.34. The van der Waals surface area contributed by atoms with Crippen LogP contribution in [0.3, 0.4) is 0 Å². The first kappa shape index (κ1) is 9.40. The number of hydrogen-bond donors (Lipinski definition) is 0. The SMILES string of the molecule is C/N=C1/c2c(ccc3ccccc23)OC1C. The highest BCUT2D eigenvalue weighted by molar-refractivity contribution is 6.16. The van der Waals surface area contributed by atoms with Gasteiger partial charge in [0, 0.05) is 12.6 Å². The molecule has 2 aromatic rings. The molecule has 1 heterocycles. The van der Waals surface area contributed by atoms with Crippen LogP contribution in [0.4, 0.5) is 0 Å². The molecule has 1 aliphatic heterocycles. The van der Waals surface area contributed by atoms with E-state index in [1.807, 2.05) is 20.0 Å². The fraction of sp³-hybridized carbons (Fsp3) is 0.214. The molecule has 0 N–H and O–H groups in total. The van der Waals surface area contributed by atoms with Crippen LogP contribution < -0.4 is 4.74 Å². The summed E-state index contributed by atoms with van der Waals surface area (Å²) < 4.78 is 5.79. The lowest BCUT2D eigenvalue weighted by atomic mass is 10.00. The van der Waals surface area contributed by atoms with Gasteiger partial charge in [0.25, 0.3) is 0 Å². The van der Waals surface area contributed by atoms with Crippen LogP contribution in [-0.4, -0.2) is 18.9 Å². The molecule has 3 rings (SSSR count). The zero-order chi connectivity index (χ0) is 11.1. The monoisotopic (exact) mass is 211 g/mol. The summed E-state index contributed by atoms with van der Waals surface area (Å²) in [7, 11) is 1.83. The first-order chi connectivity index (χ1) is 7.81. The topological polar surface area (TPSA) is 21.6 Å². The fourth-order valence-corrected chi connectivity index (χ4v) is 2.36. The fourth-order valence-electron chi connectivity index (χ4n) is 2.36. The Kier molecular flexibility index (Phi) is 1.96. The number of ether oxygens (including phenoxy) is 1. The Labute approximate surface area is 94.6 Å². The van der Waals surface area contributed by atoms with E-state index in [-0.39, 0.29) is 6.10 Å². The highest BCUT2D eigenvalue weighted by atomic mass is 16.5. The third-order valence-electron chi connectivity index (χ3n) is 3.08. The summed E-state index contributed by atoms with van der Waals surface area (Å²) in [6.07, 6.45) is 0.0609. The lowest BCUT2D eigenvalue weighted by Gasteiger charge is -2.03. The molecular formula is C14H13NO. The van der Waals surface area contributed by atoms with Crippen LogP contribution in [-0.2, 0) is 0 Å². The Morgan fingerprint density at radius 3 is 2.75 bits per heavy atom. The average Bonchev–Trinajstić information content (AvgIpc) is 2.65. The summed E-state index contributed by atoms with van der Waals surface area (Å²) in [6.45, 7) is 2.04. The van der Waals surface area contributed by atoms with E-state index in [1.54, 1.807) is 0 Å². The molecular weight excluding hydrogens is 198 g/mol. The number of nitrogens with zero attached hydrogens (tertiary/aromatic N) is 1. The van der Waals surface area contributed by atoms with Crippen LogP contribution in [0.1, 0.15) is 12.5 Å². The summed E-state index contributed by atoms with van der Waals surface area (Å²) in [6, 6.07) is 12.5. The van der Waals surface area contributed by atoms with Gasteiger partial charge in [0.2, 0.25) is 0 Å². The van der Waals surface area contributed by atoms with Crippen molar-refractivity contribution in [3.05, 3.63) is 42.0 Å². The molecule has 0 aromatic heterocycles. The minimum absolute atomic E-state index is 0.0609. The van der Waals surface area contributed by atoms with Crippen molar-refractivity contribution < 1.29 is 4.74 Å². The second-order valence-corrected chi connectivity index (χ2v) is 4.03. The van der Waals surface area contributed by atoms with E-state index in [4.69, 9.17) is 4.74 Å². The van der Waals surface area contributed by atoms with Crippen molar-refractivity contribution in [3.63, 3.8) is 0 Å². The number of fused-ring (bicyclic) bond motifs is 3. The van der Waals surface area contributed by atoms with Crippen molar-refractivity contribution in [2.24, 2.45) is 4.99 Å². The van der Waals surface area contributed by atoms with Gasteiger partial charge in [-0.05, 0) is 23.8 Å². The van der Waals surface area contributed by atoms with Crippen LogP contribution in [0.5, 0.6) is 5.75 Å². The van der Waals surface area contributed by atoms with Crippen LogP contribution in [0, 0.1) is 0 Å². The number of rotatable bonds is 0. The molecule has 0 radical (unpaired) electrons. The zero-order valence-electron chi connectivity index (χ0n) is 9.40. The summed E-state index contributed by atoms with van der Waals surface area (Å²) in [4.78, 5) is 4.35. The van der Waals surface area contributed by atoms with Gasteiger partial charge in [-0.15, -0.1) is 0 Å². The van der Waals surface area contributed by atoms with Crippen LogP contribution in [0.15, 0.2) is 41.4 Å². The summed E-state index contributed by atoms with van der Waals surface area (Å²) in [5.41, 5.74) is 2.21. The first-order valence-corrected chi connectivity index (χ1v) is 5.46. The molecule has 0 fully saturated rings. The predicted molar refractivity (Wildman–Crippen MR) is 66.5 cm³/mol. The van der Waals surface area contributed by atoms with Crippen molar-refractivity contribution in [2.75, 3.05) is 7.05 Å². The molecule has 0 bridgehead atoms. The van der Waals surface area contributed by atoms with Gasteiger partial charge in [-0.25, -0.2) is 0 Å². The van der Waals surface area contributed by atoms with Gasteiger partial charge in [0.05, 0.1) is 5.71 Å². The predicted octanol–water partition coefficient (Wildman–Crippen LogP) is 3.04. The maximum atomic E-state index is 5.79. The Morgan fingerprint density at radius 2 is 1.94 bits per heavy atom. The molecule has 1 aliphatic rings. The van der Waals surface area contributed by atoms with Crippen LogP contribution in [0.25, 0.3) is 10.8 Å². The van der Waals surface area contributed by atoms with E-state index in [1.165, 1.54) is 10.8 Å². The Morgan fingerprint density at radius 1 is 1.12 bits per heavy atom. The molecule has 16 heavy (non-hydrogen) atoms. The average molecular weight is 211 g/mol. The van der Waals surface area contributed by atoms with Gasteiger partial charge in [0.1, 0.15) is 11.9 Å². The van der Waals surface area contributed by atoms with Crippen LogP contribution >= 0.6 is 0 Å². The molecule has 2 aromatic carbocycles. The second-order valence-electron chi connectivity index (χ2n) is 4.03. The van der Waals surface area contributed by atoms with Crippen LogP contribution in [0.2, 0.25) is 0 Å². The number of aliphatic imine (C=N–C) groups is 1. The van der Waals surface area contributed by atoms with Gasteiger partial charge < -0.3 is 4.74 Å². The van der Waals surface area contributed by atoms with Gasteiger partial charge in [-0.1, -0.05) is 30.3 Å². The lowest BCUT2D eigenvalue weighted by Crippen LogP contribution is -2.16. The van der Waals surface area contributed by atoms with E-state index in [0.717, 1.165) is 17.0 Å². The number of benzene rings is 2.